The van der Waals surface area contributed by atoms with Gasteiger partial charge < -0.3 is 14.5 Å². The average Bonchev–Trinajstić information content (AvgIpc) is 3.14. The number of nitrogens with one attached hydrogen (secondary N) is 1. The number of ether oxygens (including phenoxy) is 1. The van der Waals surface area contributed by atoms with Gasteiger partial charge in [-0.3, -0.25) is 0 Å². The van der Waals surface area contributed by atoms with E-state index in [1.165, 1.54) is 11.1 Å². The van der Waals surface area contributed by atoms with Crippen molar-refractivity contribution < 1.29 is 9.16 Å². The maximum atomic E-state index is 7.01. The normalized spacial score (nSPS) is 20.4. The fourth-order valence-electron chi connectivity index (χ4n) is 3.92. The highest BCUT2D eigenvalue weighted by atomic mass is 28.4. The third-order valence-electron chi connectivity index (χ3n) is 4.86. The van der Waals surface area contributed by atoms with Crippen molar-refractivity contribution in [3.8, 4) is 12.3 Å². The summed E-state index contributed by atoms with van der Waals surface area (Å²) < 4.78 is 12.9. The molecule has 27 heavy (non-hydrogen) atoms. The maximum Gasteiger partial charge on any atom is 0.185 e. The Labute approximate surface area is 164 Å². The van der Waals surface area contributed by atoms with Crippen LogP contribution in [0.3, 0.4) is 0 Å². The van der Waals surface area contributed by atoms with Crippen LogP contribution < -0.4 is 5.32 Å². The van der Waals surface area contributed by atoms with Crippen LogP contribution in [0.25, 0.3) is 0 Å². The second-order valence-corrected chi connectivity index (χ2v) is 12.4. The molecule has 0 bridgehead atoms. The topological polar surface area (TPSA) is 30.5 Å². The van der Waals surface area contributed by atoms with Gasteiger partial charge in [0.1, 0.15) is 12.2 Å². The molecule has 1 saturated heterocycles. The number of hydrogen-bond donors (Lipinski definition) is 1. The van der Waals surface area contributed by atoms with Crippen molar-refractivity contribution in [2.24, 2.45) is 0 Å². The van der Waals surface area contributed by atoms with E-state index in [0.29, 0.717) is 6.61 Å². The summed E-state index contributed by atoms with van der Waals surface area (Å²) in [5.74, 6) is 2.58. The molecule has 0 amide bonds. The van der Waals surface area contributed by atoms with E-state index in [1.807, 2.05) is 0 Å². The van der Waals surface area contributed by atoms with Crippen LogP contribution in [0.15, 0.2) is 60.7 Å². The lowest BCUT2D eigenvalue weighted by Gasteiger charge is -2.44. The van der Waals surface area contributed by atoms with E-state index in [-0.39, 0.29) is 12.1 Å². The van der Waals surface area contributed by atoms with Crippen LogP contribution in [0, 0.1) is 12.3 Å². The quantitative estimate of drug-likeness (QED) is 0.579. The fourth-order valence-corrected chi connectivity index (χ4v) is 5.26. The molecule has 1 N–H and O–H groups in total. The summed E-state index contributed by atoms with van der Waals surface area (Å²) in [6, 6.07) is 21.2. The zero-order chi connectivity index (χ0) is 19.3. The van der Waals surface area contributed by atoms with Gasteiger partial charge in [-0.1, -0.05) is 66.6 Å². The summed E-state index contributed by atoms with van der Waals surface area (Å²) >= 11 is 0. The Morgan fingerprint density at radius 2 is 1.59 bits per heavy atom. The minimum absolute atomic E-state index is 0.100. The summed E-state index contributed by atoms with van der Waals surface area (Å²) in [5, 5.41) is 3.68. The van der Waals surface area contributed by atoms with Gasteiger partial charge in [-0.25, -0.2) is 0 Å². The molecule has 1 fully saturated rings. The van der Waals surface area contributed by atoms with Gasteiger partial charge in [0, 0.05) is 12.6 Å². The van der Waals surface area contributed by atoms with Crippen LogP contribution in [0.1, 0.15) is 17.5 Å². The van der Waals surface area contributed by atoms with E-state index in [0.717, 1.165) is 13.0 Å². The first kappa shape index (κ1) is 19.8. The number of terminal acetylenes is 1. The average molecular weight is 380 g/mol. The van der Waals surface area contributed by atoms with Gasteiger partial charge in [-0.05, 0) is 37.2 Å². The largest absolute Gasteiger partial charge is 0.403 e. The lowest BCUT2D eigenvalue weighted by molar-refractivity contribution is 0.0481. The van der Waals surface area contributed by atoms with Crippen molar-refractivity contribution in [2.45, 2.75) is 43.8 Å². The van der Waals surface area contributed by atoms with Gasteiger partial charge in [0.25, 0.3) is 0 Å². The summed E-state index contributed by atoms with van der Waals surface area (Å²) in [6.45, 7) is 7.86. The lowest BCUT2D eigenvalue weighted by atomic mass is 9.79. The van der Waals surface area contributed by atoms with Crippen molar-refractivity contribution >= 4 is 8.32 Å². The number of rotatable bonds is 7. The highest BCUT2D eigenvalue weighted by Crippen LogP contribution is 2.42. The summed E-state index contributed by atoms with van der Waals surface area (Å²) in [6.07, 6.45) is 6.34. The highest BCUT2D eigenvalue weighted by Gasteiger charge is 2.48. The van der Waals surface area contributed by atoms with Crippen LogP contribution in [0.4, 0.5) is 0 Å². The fraction of sp³-hybridized carbons (Fsp3) is 0.391. The smallest absolute Gasteiger partial charge is 0.185 e. The van der Waals surface area contributed by atoms with E-state index in [9.17, 15) is 0 Å². The second-order valence-electron chi connectivity index (χ2n) is 8.02. The van der Waals surface area contributed by atoms with Crippen LogP contribution in [-0.2, 0) is 14.8 Å². The molecule has 1 aliphatic heterocycles. The second kappa shape index (κ2) is 8.41. The minimum atomic E-state index is -1.89. The van der Waals surface area contributed by atoms with Gasteiger partial charge in [0.2, 0.25) is 0 Å². The van der Waals surface area contributed by atoms with Gasteiger partial charge in [-0.15, -0.1) is 6.42 Å². The van der Waals surface area contributed by atoms with E-state index in [1.54, 1.807) is 0 Å². The molecule has 0 saturated carbocycles. The monoisotopic (exact) mass is 379 g/mol. The predicted molar refractivity (Wildman–Crippen MR) is 113 cm³/mol. The first-order chi connectivity index (χ1) is 13.0. The van der Waals surface area contributed by atoms with Gasteiger partial charge in [0.15, 0.2) is 8.32 Å². The van der Waals surface area contributed by atoms with Crippen molar-refractivity contribution in [3.05, 3.63) is 71.8 Å². The highest BCUT2D eigenvalue weighted by molar-refractivity contribution is 6.69. The summed E-state index contributed by atoms with van der Waals surface area (Å²) in [7, 11) is -1.89. The SMILES string of the molecule is C#CCO[C@H]1CN[C@H](C(O[Si](C)(C)C)(c2ccccc2)c2ccccc2)C1. The molecule has 1 aliphatic rings. The molecule has 0 aromatic heterocycles. The van der Waals surface area contributed by atoms with Crippen molar-refractivity contribution in [2.75, 3.05) is 13.2 Å². The Hall–Kier alpha value is -1.90. The molecular weight excluding hydrogens is 350 g/mol. The maximum absolute atomic E-state index is 7.01. The van der Waals surface area contributed by atoms with E-state index >= 15 is 0 Å². The van der Waals surface area contributed by atoms with Crippen molar-refractivity contribution in [1.82, 2.24) is 5.32 Å². The van der Waals surface area contributed by atoms with Gasteiger partial charge in [0.05, 0.1) is 6.10 Å². The molecule has 0 spiro atoms. The molecule has 3 nitrogen and oxygen atoms in total. The molecule has 2 aromatic rings. The van der Waals surface area contributed by atoms with Crippen LogP contribution in [-0.4, -0.2) is 33.6 Å². The first-order valence-electron chi connectivity index (χ1n) is 9.55. The zero-order valence-electron chi connectivity index (χ0n) is 16.4. The Kier molecular flexibility index (Phi) is 6.18. The van der Waals surface area contributed by atoms with Crippen molar-refractivity contribution in [1.29, 1.82) is 0 Å². The standard InChI is InChI=1S/C23H29NO2Si/c1-5-16-25-21-17-22(24-18-21)23(26-27(2,3)4,19-12-8-6-9-13-19)20-14-10-7-11-15-20/h1,6-15,21-22,24H,16-18H2,2-4H3/t21-,22+/m1/s1. The predicted octanol–water partition coefficient (Wildman–Crippen LogP) is 4.16. The van der Waals surface area contributed by atoms with Crippen LogP contribution >= 0.6 is 0 Å². The van der Waals surface area contributed by atoms with Crippen LogP contribution in [0.2, 0.25) is 19.6 Å². The molecule has 0 aliphatic carbocycles. The minimum Gasteiger partial charge on any atom is -0.403 e. The summed E-state index contributed by atoms with van der Waals surface area (Å²) in [5.41, 5.74) is 1.80. The molecule has 142 valence electrons. The van der Waals surface area contributed by atoms with E-state index in [4.69, 9.17) is 15.6 Å². The number of hydrogen-bond acceptors (Lipinski definition) is 3. The molecule has 1 heterocycles. The van der Waals surface area contributed by atoms with Gasteiger partial charge >= 0.3 is 0 Å². The van der Waals surface area contributed by atoms with E-state index in [2.05, 4.69) is 91.5 Å². The summed E-state index contributed by atoms with van der Waals surface area (Å²) in [4.78, 5) is 0. The Bertz CT molecular complexity index is 725. The van der Waals surface area contributed by atoms with Gasteiger partial charge in [-0.2, -0.15) is 0 Å². The lowest BCUT2D eigenvalue weighted by Crippen LogP contribution is -2.53. The molecule has 3 rings (SSSR count). The first-order valence-corrected chi connectivity index (χ1v) is 13.0. The Morgan fingerprint density at radius 1 is 1.04 bits per heavy atom. The third-order valence-corrected chi connectivity index (χ3v) is 5.79. The molecule has 2 aromatic carbocycles. The number of benzene rings is 2. The Balaban J connectivity index is 2.09. The molecule has 0 unspecified atom stereocenters. The molecular formula is C23H29NO2Si. The van der Waals surface area contributed by atoms with Crippen LogP contribution in [0.5, 0.6) is 0 Å². The molecule has 4 heteroatoms. The van der Waals surface area contributed by atoms with Crippen molar-refractivity contribution in [3.63, 3.8) is 0 Å². The van der Waals surface area contributed by atoms with E-state index < -0.39 is 13.9 Å². The molecule has 2 atom stereocenters. The Morgan fingerprint density at radius 3 is 2.07 bits per heavy atom. The molecule has 0 radical (unpaired) electrons. The zero-order valence-corrected chi connectivity index (χ0v) is 17.4. The third kappa shape index (κ3) is 4.51.